The molecule has 1 amide bonds. The van der Waals surface area contributed by atoms with Gasteiger partial charge in [0, 0.05) is 11.9 Å². The molecule has 0 spiro atoms. The van der Waals surface area contributed by atoms with Gasteiger partial charge in [-0.25, -0.2) is 0 Å². The number of hydrogen-bond acceptors (Lipinski definition) is 5. The van der Waals surface area contributed by atoms with Gasteiger partial charge in [0.25, 0.3) is 5.91 Å². The summed E-state index contributed by atoms with van der Waals surface area (Å²) in [4.78, 5) is 14.2. The first-order valence-electron chi connectivity index (χ1n) is 3.77. The average molecular weight is 209 g/mol. The normalized spacial score (nSPS) is 10.0. The molecule has 0 atom stereocenters. The minimum absolute atomic E-state index is 0.279. The smallest absolute Gasteiger partial charge is 0.273 e. The maximum absolute atomic E-state index is 11.5. The fourth-order valence-corrected chi connectivity index (χ4v) is 1.37. The van der Waals surface area contributed by atoms with E-state index < -0.39 is 0 Å². The Bertz CT molecular complexity index is 435. The summed E-state index contributed by atoms with van der Waals surface area (Å²) in [6.07, 6.45) is 1.55. The second-order valence-corrected chi connectivity index (χ2v) is 3.38. The summed E-state index contributed by atoms with van der Waals surface area (Å²) in [5.74, 6) is -0.279. The van der Waals surface area contributed by atoms with Crippen LogP contribution in [0.2, 0.25) is 0 Å². The Kier molecular flexibility index (Phi) is 2.15. The van der Waals surface area contributed by atoms with Crippen molar-refractivity contribution in [2.45, 2.75) is 0 Å². The lowest BCUT2D eigenvalue weighted by Gasteiger charge is -1.96. The molecule has 0 unspecified atom stereocenters. The molecular weight excluding hydrogens is 202 g/mol. The molecule has 2 rings (SSSR count). The highest BCUT2D eigenvalue weighted by atomic mass is 32.1. The van der Waals surface area contributed by atoms with Gasteiger partial charge < -0.3 is 10.7 Å². The molecule has 0 aliphatic carbocycles. The Labute approximate surface area is 83.2 Å². The van der Waals surface area contributed by atoms with E-state index in [1.54, 1.807) is 17.8 Å². The number of aromatic amines is 1. The fourth-order valence-electron chi connectivity index (χ4n) is 0.934. The van der Waals surface area contributed by atoms with Gasteiger partial charge in [-0.3, -0.25) is 10.1 Å². The van der Waals surface area contributed by atoms with E-state index in [0.29, 0.717) is 16.5 Å². The molecule has 72 valence electrons. The number of nitrogen functional groups attached to an aromatic ring is 1. The van der Waals surface area contributed by atoms with Gasteiger partial charge in [-0.1, -0.05) is 11.3 Å². The zero-order chi connectivity index (χ0) is 9.97. The lowest BCUT2D eigenvalue weighted by Crippen LogP contribution is -2.11. The van der Waals surface area contributed by atoms with Gasteiger partial charge in [0.2, 0.25) is 5.13 Å². The van der Waals surface area contributed by atoms with E-state index in [1.807, 2.05) is 0 Å². The van der Waals surface area contributed by atoms with Crippen LogP contribution in [-0.2, 0) is 0 Å². The van der Waals surface area contributed by atoms with Crippen molar-refractivity contribution in [2.24, 2.45) is 0 Å². The van der Waals surface area contributed by atoms with Crippen molar-refractivity contribution in [2.75, 3.05) is 11.1 Å². The molecule has 7 heteroatoms. The number of amides is 1. The molecule has 0 radical (unpaired) electrons. The highest BCUT2D eigenvalue weighted by Crippen LogP contribution is 2.11. The van der Waals surface area contributed by atoms with Gasteiger partial charge >= 0.3 is 0 Å². The van der Waals surface area contributed by atoms with Crippen LogP contribution in [0.1, 0.15) is 10.5 Å². The topological polar surface area (TPSA) is 96.7 Å². The van der Waals surface area contributed by atoms with E-state index in [9.17, 15) is 4.79 Å². The number of carbonyl (C=O) groups is 1. The average Bonchev–Trinajstić information content (AvgIpc) is 2.75. The quantitative estimate of drug-likeness (QED) is 0.678. The number of rotatable bonds is 2. The van der Waals surface area contributed by atoms with E-state index in [0.717, 1.165) is 0 Å². The Balaban J connectivity index is 2.10. The second kappa shape index (κ2) is 3.46. The van der Waals surface area contributed by atoms with E-state index >= 15 is 0 Å². The molecule has 0 bridgehead atoms. The standard InChI is InChI=1S/C7H7N5OS/c8-4-1-5(9-2-4)6(13)11-7-12-10-3-14-7/h1-3,9H,8H2,(H,11,12,13). The Morgan fingerprint density at radius 2 is 2.50 bits per heavy atom. The van der Waals surface area contributed by atoms with Gasteiger partial charge in [-0.2, -0.15) is 0 Å². The number of anilines is 2. The van der Waals surface area contributed by atoms with Crippen molar-refractivity contribution in [3.8, 4) is 0 Å². The van der Waals surface area contributed by atoms with Crippen molar-refractivity contribution in [3.05, 3.63) is 23.5 Å². The molecule has 14 heavy (non-hydrogen) atoms. The van der Waals surface area contributed by atoms with Gasteiger partial charge in [-0.15, -0.1) is 10.2 Å². The zero-order valence-corrected chi connectivity index (χ0v) is 7.84. The first-order chi connectivity index (χ1) is 6.75. The predicted octanol–water partition coefficient (Wildman–Crippen LogP) is 0.701. The number of nitrogens with one attached hydrogen (secondary N) is 2. The molecule has 0 aromatic carbocycles. The van der Waals surface area contributed by atoms with Gasteiger partial charge in [-0.05, 0) is 6.07 Å². The monoisotopic (exact) mass is 209 g/mol. The lowest BCUT2D eigenvalue weighted by atomic mass is 10.4. The van der Waals surface area contributed by atoms with Crippen LogP contribution in [0.4, 0.5) is 10.8 Å². The summed E-state index contributed by atoms with van der Waals surface area (Å²) in [5.41, 5.74) is 7.91. The Morgan fingerprint density at radius 1 is 1.64 bits per heavy atom. The molecule has 2 heterocycles. The minimum atomic E-state index is -0.279. The summed E-state index contributed by atoms with van der Waals surface area (Å²) in [5, 5.41) is 10.3. The number of H-pyrrole nitrogens is 1. The van der Waals surface area contributed by atoms with Crippen molar-refractivity contribution in [3.63, 3.8) is 0 Å². The Hall–Kier alpha value is -1.89. The number of carbonyl (C=O) groups excluding carboxylic acids is 1. The maximum Gasteiger partial charge on any atom is 0.273 e. The van der Waals surface area contributed by atoms with Crippen LogP contribution in [0, 0.1) is 0 Å². The minimum Gasteiger partial charge on any atom is -0.397 e. The lowest BCUT2D eigenvalue weighted by molar-refractivity contribution is 0.102. The van der Waals surface area contributed by atoms with Crippen LogP contribution in [-0.4, -0.2) is 21.1 Å². The molecule has 0 aliphatic rings. The van der Waals surface area contributed by atoms with Gasteiger partial charge in [0.15, 0.2) is 0 Å². The van der Waals surface area contributed by atoms with E-state index in [-0.39, 0.29) is 5.91 Å². The number of nitrogens with two attached hydrogens (primary N) is 1. The van der Waals surface area contributed by atoms with Gasteiger partial charge in [0.05, 0.1) is 0 Å². The third-order valence-electron chi connectivity index (χ3n) is 1.53. The number of aromatic nitrogens is 3. The summed E-state index contributed by atoms with van der Waals surface area (Å²) >= 11 is 1.25. The Morgan fingerprint density at radius 3 is 3.07 bits per heavy atom. The molecule has 2 aromatic heterocycles. The van der Waals surface area contributed by atoms with E-state index in [1.165, 1.54) is 11.3 Å². The van der Waals surface area contributed by atoms with E-state index in [2.05, 4.69) is 20.5 Å². The van der Waals surface area contributed by atoms with Gasteiger partial charge in [0.1, 0.15) is 11.2 Å². The van der Waals surface area contributed by atoms with Crippen molar-refractivity contribution < 1.29 is 4.79 Å². The van der Waals surface area contributed by atoms with Crippen LogP contribution < -0.4 is 11.1 Å². The van der Waals surface area contributed by atoms with Crippen molar-refractivity contribution >= 4 is 28.1 Å². The molecule has 0 saturated heterocycles. The van der Waals surface area contributed by atoms with E-state index in [4.69, 9.17) is 5.73 Å². The zero-order valence-electron chi connectivity index (χ0n) is 7.02. The summed E-state index contributed by atoms with van der Waals surface area (Å²) in [6.45, 7) is 0. The van der Waals surface area contributed by atoms with Crippen LogP contribution in [0.15, 0.2) is 17.8 Å². The van der Waals surface area contributed by atoms with Crippen LogP contribution >= 0.6 is 11.3 Å². The third-order valence-corrected chi connectivity index (χ3v) is 2.14. The molecule has 6 nitrogen and oxygen atoms in total. The number of nitrogens with zero attached hydrogens (tertiary/aromatic N) is 2. The largest absolute Gasteiger partial charge is 0.397 e. The molecule has 0 fully saturated rings. The molecule has 2 aromatic rings. The second-order valence-electron chi connectivity index (χ2n) is 2.54. The van der Waals surface area contributed by atoms with Crippen LogP contribution in [0.3, 0.4) is 0 Å². The summed E-state index contributed by atoms with van der Waals surface area (Å²) in [6, 6.07) is 1.55. The predicted molar refractivity (Wildman–Crippen MR) is 53.1 cm³/mol. The van der Waals surface area contributed by atoms with Crippen molar-refractivity contribution in [1.82, 2.24) is 15.2 Å². The summed E-state index contributed by atoms with van der Waals surface area (Å²) in [7, 11) is 0. The highest BCUT2D eigenvalue weighted by Gasteiger charge is 2.09. The third kappa shape index (κ3) is 1.72. The summed E-state index contributed by atoms with van der Waals surface area (Å²) < 4.78 is 0. The number of hydrogen-bond donors (Lipinski definition) is 3. The SMILES string of the molecule is Nc1c[nH]c(C(=O)Nc2nncs2)c1. The molecule has 0 aliphatic heterocycles. The first kappa shape index (κ1) is 8.70. The molecular formula is C7H7N5OS. The van der Waals surface area contributed by atoms with Crippen LogP contribution in [0.25, 0.3) is 0 Å². The van der Waals surface area contributed by atoms with Crippen molar-refractivity contribution in [1.29, 1.82) is 0 Å². The first-order valence-corrected chi connectivity index (χ1v) is 4.65. The molecule has 4 N–H and O–H groups in total. The molecule has 0 saturated carbocycles. The highest BCUT2D eigenvalue weighted by molar-refractivity contribution is 7.13. The fraction of sp³-hybridized carbons (Fsp3) is 0. The van der Waals surface area contributed by atoms with Crippen LogP contribution in [0.5, 0.6) is 0 Å². The maximum atomic E-state index is 11.5.